The Morgan fingerprint density at radius 3 is 1.17 bits per heavy atom. The zero-order valence-corrected chi connectivity index (χ0v) is 28.4. The highest BCUT2D eigenvalue weighted by atomic mass is 16.3. The molecule has 0 unspecified atom stereocenters. The lowest BCUT2D eigenvalue weighted by molar-refractivity contribution is -0.121. The molecule has 230 valence electrons. The third-order valence-corrected chi connectivity index (χ3v) is 7.98. The van der Waals surface area contributed by atoms with Crippen molar-refractivity contribution in [2.24, 2.45) is 0 Å². The fraction of sp³-hybridized carbons (Fsp3) is 0.649. The molecule has 0 heterocycles. The normalized spacial score (nSPS) is 13.1. The molecule has 0 aromatic heterocycles. The lowest BCUT2D eigenvalue weighted by atomic mass is 9.77. The largest absolute Gasteiger partial charge is 0.507 e. The lowest BCUT2D eigenvalue weighted by Crippen LogP contribution is -2.35. The fourth-order valence-electron chi connectivity index (χ4n) is 5.46. The van der Waals surface area contributed by atoms with Crippen molar-refractivity contribution in [1.29, 1.82) is 0 Å². The Kier molecular flexibility index (Phi) is 10.8. The van der Waals surface area contributed by atoms with Gasteiger partial charge in [0, 0.05) is 12.5 Å². The molecule has 2 aromatic rings. The molecular weight excluding hydrogens is 506 g/mol. The summed E-state index contributed by atoms with van der Waals surface area (Å²) < 4.78 is 0. The van der Waals surface area contributed by atoms with E-state index in [1.165, 1.54) is 11.1 Å². The average molecular weight is 566 g/mol. The zero-order chi connectivity index (χ0) is 31.6. The summed E-state index contributed by atoms with van der Waals surface area (Å²) >= 11 is 0. The number of nitrogens with one attached hydrogen (secondary N) is 1. The molecule has 2 rings (SSSR count). The number of hydrogen-bond donors (Lipinski definition) is 3. The molecule has 2 aromatic carbocycles. The van der Waals surface area contributed by atoms with Crippen LogP contribution in [0.25, 0.3) is 0 Å². The van der Waals surface area contributed by atoms with E-state index in [0.717, 1.165) is 54.4 Å². The predicted octanol–water partition coefficient (Wildman–Crippen LogP) is 9.14. The van der Waals surface area contributed by atoms with Crippen molar-refractivity contribution < 1.29 is 15.0 Å². The first-order chi connectivity index (χ1) is 18.6. The number of amides is 1. The van der Waals surface area contributed by atoms with Gasteiger partial charge in [-0.3, -0.25) is 4.79 Å². The van der Waals surface area contributed by atoms with Crippen molar-refractivity contribution in [2.75, 3.05) is 0 Å². The third kappa shape index (κ3) is 9.51. The van der Waals surface area contributed by atoms with Gasteiger partial charge in [-0.2, -0.15) is 0 Å². The molecule has 0 saturated carbocycles. The predicted molar refractivity (Wildman–Crippen MR) is 174 cm³/mol. The number of carbonyl (C=O) groups excluding carboxylic acids is 1. The van der Waals surface area contributed by atoms with Gasteiger partial charge in [-0.05, 0) is 87.1 Å². The van der Waals surface area contributed by atoms with Crippen LogP contribution in [0.15, 0.2) is 24.3 Å². The van der Waals surface area contributed by atoms with Crippen molar-refractivity contribution in [3.63, 3.8) is 0 Å². The molecule has 0 aliphatic rings. The smallest absolute Gasteiger partial charge is 0.220 e. The Morgan fingerprint density at radius 2 is 0.927 bits per heavy atom. The van der Waals surface area contributed by atoms with Crippen LogP contribution in [-0.4, -0.2) is 22.2 Å². The topological polar surface area (TPSA) is 69.6 Å². The van der Waals surface area contributed by atoms with E-state index in [1.807, 2.05) is 6.92 Å². The molecule has 0 bridgehead atoms. The summed E-state index contributed by atoms with van der Waals surface area (Å²) in [5.41, 5.74) is 5.57. The van der Waals surface area contributed by atoms with Crippen LogP contribution in [0.1, 0.15) is 149 Å². The minimum atomic E-state index is -0.177. The number of aromatic hydroxyl groups is 2. The SMILES string of the molecule is CCCC(=O)NC(CCc1cc(C(C)(C)C)c(O)c(C(C)(C)C)c1)CCc1cc(C(C)(C)C)c(O)c(C(C)(C)C)c1. The Bertz CT molecular complexity index is 1040. The quantitative estimate of drug-likeness (QED) is 0.284. The van der Waals surface area contributed by atoms with Crippen LogP contribution in [0.3, 0.4) is 0 Å². The first kappa shape index (κ1) is 34.7. The van der Waals surface area contributed by atoms with Crippen LogP contribution >= 0.6 is 0 Å². The number of benzene rings is 2. The second-order valence-corrected chi connectivity index (χ2v) is 16.2. The number of aryl methyl sites for hydroxylation is 2. The highest BCUT2D eigenvalue weighted by Gasteiger charge is 2.28. The maximum atomic E-state index is 12.7. The van der Waals surface area contributed by atoms with Crippen molar-refractivity contribution in [1.82, 2.24) is 5.32 Å². The van der Waals surface area contributed by atoms with Crippen LogP contribution in [-0.2, 0) is 39.3 Å². The molecule has 0 saturated heterocycles. The summed E-state index contributed by atoms with van der Waals surface area (Å²) in [4.78, 5) is 12.7. The van der Waals surface area contributed by atoms with Gasteiger partial charge in [-0.15, -0.1) is 0 Å². The van der Waals surface area contributed by atoms with Crippen LogP contribution in [0, 0.1) is 0 Å². The number of carbonyl (C=O) groups is 1. The second-order valence-electron chi connectivity index (χ2n) is 16.2. The minimum Gasteiger partial charge on any atom is -0.507 e. The van der Waals surface area contributed by atoms with E-state index in [-0.39, 0.29) is 33.6 Å². The van der Waals surface area contributed by atoms with Gasteiger partial charge in [0.25, 0.3) is 0 Å². The lowest BCUT2D eigenvalue weighted by Gasteiger charge is -2.29. The van der Waals surface area contributed by atoms with E-state index in [9.17, 15) is 15.0 Å². The zero-order valence-electron chi connectivity index (χ0n) is 28.4. The van der Waals surface area contributed by atoms with Gasteiger partial charge >= 0.3 is 0 Å². The molecular formula is C37H59NO3. The summed E-state index contributed by atoms with van der Waals surface area (Å²) in [6.07, 6.45) is 4.63. The second kappa shape index (κ2) is 12.8. The monoisotopic (exact) mass is 565 g/mol. The van der Waals surface area contributed by atoms with Crippen molar-refractivity contribution in [3.05, 3.63) is 57.6 Å². The molecule has 4 nitrogen and oxygen atoms in total. The van der Waals surface area contributed by atoms with E-state index >= 15 is 0 Å². The Hall–Kier alpha value is -2.49. The standard InChI is InChI=1S/C37H59NO3/c1-14-15-31(39)38-26(18-16-24-20-27(34(2,3)4)32(40)28(21-24)35(5,6)7)19-17-25-22-29(36(8,9)10)33(41)30(23-25)37(11,12)13/h20-23,26,40-41H,14-19H2,1-13H3,(H,38,39). The van der Waals surface area contributed by atoms with Gasteiger partial charge in [0.1, 0.15) is 11.5 Å². The number of rotatable bonds is 9. The first-order valence-corrected chi connectivity index (χ1v) is 15.6. The van der Waals surface area contributed by atoms with E-state index < -0.39 is 0 Å². The molecule has 1 amide bonds. The Balaban J connectivity index is 2.41. The Labute approximate surface area is 251 Å². The molecule has 0 fully saturated rings. The van der Waals surface area contributed by atoms with E-state index in [1.54, 1.807) is 0 Å². The number of hydrogen-bond acceptors (Lipinski definition) is 3. The van der Waals surface area contributed by atoms with Crippen LogP contribution < -0.4 is 5.32 Å². The third-order valence-electron chi connectivity index (χ3n) is 7.98. The Morgan fingerprint density at radius 1 is 0.634 bits per heavy atom. The molecule has 41 heavy (non-hydrogen) atoms. The van der Waals surface area contributed by atoms with Gasteiger partial charge in [-0.1, -0.05) is 114 Å². The minimum absolute atomic E-state index is 0.0315. The van der Waals surface area contributed by atoms with Crippen LogP contribution in [0.2, 0.25) is 0 Å². The van der Waals surface area contributed by atoms with Crippen LogP contribution in [0.5, 0.6) is 11.5 Å². The molecule has 0 spiro atoms. The van der Waals surface area contributed by atoms with E-state index in [4.69, 9.17) is 0 Å². The van der Waals surface area contributed by atoms with Gasteiger partial charge in [0.15, 0.2) is 0 Å². The van der Waals surface area contributed by atoms with Crippen LogP contribution in [0.4, 0.5) is 0 Å². The molecule has 0 aliphatic carbocycles. The highest BCUT2D eigenvalue weighted by molar-refractivity contribution is 5.76. The van der Waals surface area contributed by atoms with Crippen molar-refractivity contribution in [2.45, 2.75) is 156 Å². The fourth-order valence-corrected chi connectivity index (χ4v) is 5.46. The maximum Gasteiger partial charge on any atom is 0.220 e. The summed E-state index contributed by atoms with van der Waals surface area (Å²) in [6, 6.07) is 8.65. The number of phenolic OH excluding ortho intramolecular Hbond substituents is 2. The molecule has 3 N–H and O–H groups in total. The first-order valence-electron chi connectivity index (χ1n) is 15.6. The number of phenols is 2. The summed E-state index contributed by atoms with van der Waals surface area (Å²) in [7, 11) is 0. The molecule has 0 aliphatic heterocycles. The van der Waals surface area contributed by atoms with Gasteiger partial charge < -0.3 is 15.5 Å². The van der Waals surface area contributed by atoms with Crippen molar-refractivity contribution in [3.8, 4) is 11.5 Å². The van der Waals surface area contributed by atoms with Gasteiger partial charge in [0.05, 0.1) is 0 Å². The summed E-state index contributed by atoms with van der Waals surface area (Å²) in [5.74, 6) is 0.904. The molecule has 0 atom stereocenters. The summed E-state index contributed by atoms with van der Waals surface area (Å²) in [5, 5.41) is 25.6. The maximum absolute atomic E-state index is 12.7. The molecule has 4 heteroatoms. The van der Waals surface area contributed by atoms with Crippen molar-refractivity contribution >= 4 is 5.91 Å². The van der Waals surface area contributed by atoms with E-state index in [2.05, 4.69) is 113 Å². The molecule has 0 radical (unpaired) electrons. The highest BCUT2D eigenvalue weighted by Crippen LogP contribution is 2.41. The van der Waals surface area contributed by atoms with E-state index in [0.29, 0.717) is 17.9 Å². The average Bonchev–Trinajstić information content (AvgIpc) is 2.79. The summed E-state index contributed by atoms with van der Waals surface area (Å²) in [6.45, 7) is 27.7. The van der Waals surface area contributed by atoms with Gasteiger partial charge in [-0.25, -0.2) is 0 Å². The van der Waals surface area contributed by atoms with Gasteiger partial charge in [0.2, 0.25) is 5.91 Å².